The molecule has 2 N–H and O–H groups in total. The number of hydrogen-bond acceptors (Lipinski definition) is 5. The Balaban J connectivity index is 0.00000512. The molecule has 0 aliphatic rings. The van der Waals surface area contributed by atoms with Crippen molar-refractivity contribution in [2.24, 2.45) is 10.9 Å². The van der Waals surface area contributed by atoms with Gasteiger partial charge in [-0.3, -0.25) is 4.79 Å². The summed E-state index contributed by atoms with van der Waals surface area (Å²) in [5.41, 5.74) is 1.17. The minimum atomic E-state index is -0.0505. The first-order valence-corrected chi connectivity index (χ1v) is 10.4. The van der Waals surface area contributed by atoms with Crippen molar-refractivity contribution in [3.05, 3.63) is 47.9 Å². The van der Waals surface area contributed by atoms with Gasteiger partial charge in [0.15, 0.2) is 17.5 Å². The van der Waals surface area contributed by atoms with Gasteiger partial charge in [0.1, 0.15) is 12.3 Å². The van der Waals surface area contributed by atoms with Crippen molar-refractivity contribution < 1.29 is 18.7 Å². The second kappa shape index (κ2) is 14.6. The molecule has 1 aromatic carbocycles. The van der Waals surface area contributed by atoms with Crippen LogP contribution < -0.4 is 20.1 Å². The Morgan fingerprint density at radius 2 is 1.91 bits per heavy atom. The average molecular weight is 558 g/mol. The van der Waals surface area contributed by atoms with E-state index in [1.807, 2.05) is 30.3 Å². The molecule has 32 heavy (non-hydrogen) atoms. The zero-order valence-corrected chi connectivity index (χ0v) is 21.8. The van der Waals surface area contributed by atoms with Crippen LogP contribution in [0.2, 0.25) is 0 Å². The number of guanidine groups is 1. The summed E-state index contributed by atoms with van der Waals surface area (Å²) in [6, 6.07) is 9.77. The summed E-state index contributed by atoms with van der Waals surface area (Å²) in [4.78, 5) is 17.9. The molecule has 0 aliphatic carbocycles. The number of methoxy groups -OCH3 is 2. The molecule has 1 aromatic heterocycles. The van der Waals surface area contributed by atoms with Crippen molar-refractivity contribution in [1.29, 1.82) is 0 Å². The highest BCUT2D eigenvalue weighted by atomic mass is 127. The number of halogens is 1. The molecule has 1 atom stereocenters. The van der Waals surface area contributed by atoms with Gasteiger partial charge in [-0.25, -0.2) is 4.99 Å². The van der Waals surface area contributed by atoms with Crippen LogP contribution in [-0.2, 0) is 17.6 Å². The zero-order valence-electron chi connectivity index (χ0n) is 19.5. The van der Waals surface area contributed by atoms with Gasteiger partial charge in [0.25, 0.3) is 0 Å². The van der Waals surface area contributed by atoms with Gasteiger partial charge in [-0.15, -0.1) is 24.0 Å². The third kappa shape index (κ3) is 9.37. The molecule has 1 amide bonds. The van der Waals surface area contributed by atoms with Crippen LogP contribution in [0.15, 0.2) is 46.0 Å². The van der Waals surface area contributed by atoms with E-state index in [0.717, 1.165) is 30.1 Å². The van der Waals surface area contributed by atoms with E-state index in [9.17, 15) is 4.79 Å². The normalized spacial score (nSPS) is 11.8. The molecule has 0 radical (unpaired) electrons. The first kappa shape index (κ1) is 27.6. The summed E-state index contributed by atoms with van der Waals surface area (Å²) in [6.45, 7) is 3.61. The van der Waals surface area contributed by atoms with Gasteiger partial charge in [-0.05, 0) is 42.2 Å². The molecular formula is C23H35IN4O4. The van der Waals surface area contributed by atoms with Crippen molar-refractivity contribution >= 4 is 35.8 Å². The predicted octanol–water partition coefficient (Wildman–Crippen LogP) is 2.96. The smallest absolute Gasteiger partial charge is 0.243 e. The highest BCUT2D eigenvalue weighted by molar-refractivity contribution is 14.0. The Bertz CT molecular complexity index is 841. The third-order valence-electron chi connectivity index (χ3n) is 4.77. The van der Waals surface area contributed by atoms with E-state index in [-0.39, 0.29) is 36.4 Å². The first-order valence-electron chi connectivity index (χ1n) is 10.4. The Morgan fingerprint density at radius 3 is 2.53 bits per heavy atom. The number of likely N-dealkylation sites (N-methyl/N-ethyl adjacent to an activating group) is 1. The van der Waals surface area contributed by atoms with Gasteiger partial charge in [0.05, 0.1) is 20.5 Å². The lowest BCUT2D eigenvalue weighted by molar-refractivity contribution is -0.127. The molecule has 2 rings (SSSR count). The largest absolute Gasteiger partial charge is 0.493 e. The fourth-order valence-electron chi connectivity index (χ4n) is 2.97. The molecule has 0 saturated carbocycles. The molecule has 0 saturated heterocycles. The van der Waals surface area contributed by atoms with Crippen molar-refractivity contribution in [3.63, 3.8) is 0 Å². The number of amides is 1. The maximum absolute atomic E-state index is 11.9. The monoisotopic (exact) mass is 558 g/mol. The number of ether oxygens (including phenoxy) is 2. The van der Waals surface area contributed by atoms with E-state index >= 15 is 0 Å². The fraction of sp³-hybridized carbons (Fsp3) is 0.478. The van der Waals surface area contributed by atoms with E-state index in [1.54, 1.807) is 34.6 Å². The summed E-state index contributed by atoms with van der Waals surface area (Å²) in [5.74, 6) is 3.24. The number of carbonyl (C=O) groups excluding carboxylic acids is 1. The zero-order chi connectivity index (χ0) is 22.6. The van der Waals surface area contributed by atoms with Gasteiger partial charge in [0.2, 0.25) is 5.91 Å². The standard InChI is InChI=1S/C23H34N4O4.HI/c1-17(13-18-8-9-20(29-4)21(14-18)30-5)15-25-23(26-16-22(28)27(2)3)24-11-10-19-7-6-12-31-19;/h6-9,12,14,17H,10-11,13,15-16H2,1-5H3,(H2,24,25,26);1H. The summed E-state index contributed by atoms with van der Waals surface area (Å²) in [5, 5.41) is 6.62. The molecule has 0 aliphatic heterocycles. The molecule has 0 spiro atoms. The van der Waals surface area contributed by atoms with Crippen molar-refractivity contribution in [1.82, 2.24) is 15.5 Å². The quantitative estimate of drug-likeness (QED) is 0.251. The van der Waals surface area contributed by atoms with Crippen molar-refractivity contribution in [2.45, 2.75) is 19.8 Å². The van der Waals surface area contributed by atoms with E-state index in [1.165, 1.54) is 10.5 Å². The van der Waals surface area contributed by atoms with Crippen LogP contribution in [0.4, 0.5) is 0 Å². The second-order valence-corrected chi connectivity index (χ2v) is 7.59. The van der Waals surface area contributed by atoms with E-state index in [4.69, 9.17) is 13.9 Å². The molecule has 8 nitrogen and oxygen atoms in total. The van der Waals surface area contributed by atoms with Crippen molar-refractivity contribution in [3.8, 4) is 11.5 Å². The second-order valence-electron chi connectivity index (χ2n) is 7.59. The molecule has 0 fully saturated rings. The lowest BCUT2D eigenvalue weighted by Gasteiger charge is -2.17. The number of carbonyl (C=O) groups is 1. The number of nitrogens with one attached hydrogen (secondary N) is 2. The van der Waals surface area contributed by atoms with Crippen LogP contribution in [-0.4, -0.2) is 64.7 Å². The van der Waals surface area contributed by atoms with Crippen LogP contribution in [0.5, 0.6) is 11.5 Å². The summed E-state index contributed by atoms with van der Waals surface area (Å²) in [7, 11) is 6.71. The molecular weight excluding hydrogens is 523 g/mol. The first-order chi connectivity index (χ1) is 14.9. The Morgan fingerprint density at radius 1 is 1.16 bits per heavy atom. The summed E-state index contributed by atoms with van der Waals surface area (Å²) < 4.78 is 16.1. The van der Waals surface area contributed by atoms with Gasteiger partial charge < -0.3 is 29.4 Å². The number of nitrogens with zero attached hydrogens (tertiary/aromatic N) is 2. The SMILES string of the molecule is COc1ccc(CC(C)CNC(=NCC(=O)N(C)C)NCCc2ccco2)cc1OC.I. The lowest BCUT2D eigenvalue weighted by Crippen LogP contribution is -2.41. The molecule has 1 heterocycles. The lowest BCUT2D eigenvalue weighted by atomic mass is 10.0. The minimum absolute atomic E-state index is 0. The number of benzene rings is 1. The predicted molar refractivity (Wildman–Crippen MR) is 137 cm³/mol. The number of rotatable bonds is 11. The maximum Gasteiger partial charge on any atom is 0.243 e. The molecule has 1 unspecified atom stereocenters. The minimum Gasteiger partial charge on any atom is -0.493 e. The van der Waals surface area contributed by atoms with Gasteiger partial charge >= 0.3 is 0 Å². The van der Waals surface area contributed by atoms with Crippen molar-refractivity contribution in [2.75, 3.05) is 47.9 Å². The molecule has 178 valence electrons. The highest BCUT2D eigenvalue weighted by Gasteiger charge is 2.10. The van der Waals surface area contributed by atoms with Crippen LogP contribution in [0.1, 0.15) is 18.2 Å². The van der Waals surface area contributed by atoms with Crippen LogP contribution >= 0.6 is 24.0 Å². The van der Waals surface area contributed by atoms with E-state index in [2.05, 4.69) is 22.5 Å². The Hall–Kier alpha value is -2.43. The summed E-state index contributed by atoms with van der Waals surface area (Å²) in [6.07, 6.45) is 3.26. The number of hydrogen-bond donors (Lipinski definition) is 2. The van der Waals surface area contributed by atoms with Crippen LogP contribution in [0.3, 0.4) is 0 Å². The number of furan rings is 1. The van der Waals surface area contributed by atoms with E-state index in [0.29, 0.717) is 25.0 Å². The maximum atomic E-state index is 11.9. The Kier molecular flexibility index (Phi) is 12.6. The Labute approximate surface area is 207 Å². The van der Waals surface area contributed by atoms with Gasteiger partial charge in [0, 0.05) is 33.6 Å². The topological polar surface area (TPSA) is 88.3 Å². The van der Waals surface area contributed by atoms with Gasteiger partial charge in [-0.1, -0.05) is 13.0 Å². The average Bonchev–Trinajstić information content (AvgIpc) is 3.28. The molecule has 0 bridgehead atoms. The fourth-order valence-corrected chi connectivity index (χ4v) is 2.97. The van der Waals surface area contributed by atoms with Crippen LogP contribution in [0, 0.1) is 5.92 Å². The molecule has 2 aromatic rings. The highest BCUT2D eigenvalue weighted by Crippen LogP contribution is 2.28. The van der Waals surface area contributed by atoms with Crippen LogP contribution in [0.25, 0.3) is 0 Å². The molecule has 9 heteroatoms. The third-order valence-corrected chi connectivity index (χ3v) is 4.77. The number of aliphatic imine (C=N–C) groups is 1. The van der Waals surface area contributed by atoms with Gasteiger partial charge in [-0.2, -0.15) is 0 Å². The van der Waals surface area contributed by atoms with E-state index < -0.39 is 0 Å². The summed E-state index contributed by atoms with van der Waals surface area (Å²) >= 11 is 0.